The Hall–Kier alpha value is -1.33. The molecule has 0 spiro atoms. The number of hydrogen-bond donors (Lipinski definition) is 1. The van der Waals surface area contributed by atoms with E-state index < -0.39 is 0 Å². The summed E-state index contributed by atoms with van der Waals surface area (Å²) in [5.74, 6) is -0.154. The van der Waals surface area contributed by atoms with Crippen molar-refractivity contribution >= 4 is 51.9 Å². The quantitative estimate of drug-likeness (QED) is 0.609. The summed E-state index contributed by atoms with van der Waals surface area (Å²) in [7, 11) is 0. The van der Waals surface area contributed by atoms with Crippen molar-refractivity contribution in [3.05, 3.63) is 68.8 Å². The number of para-hydroxylation sites is 1. The lowest BCUT2D eigenvalue weighted by atomic mass is 10.2. The highest BCUT2D eigenvalue weighted by atomic mass is 127. The van der Waals surface area contributed by atoms with Crippen molar-refractivity contribution < 1.29 is 4.79 Å². The van der Waals surface area contributed by atoms with Gasteiger partial charge in [-0.3, -0.25) is 4.79 Å². The van der Waals surface area contributed by atoms with Crippen LogP contribution in [0.5, 0.6) is 0 Å². The minimum atomic E-state index is -0.154. The van der Waals surface area contributed by atoms with Crippen LogP contribution in [0.15, 0.2) is 54.6 Å². The Bertz CT molecular complexity index is 608. The predicted molar refractivity (Wildman–Crippen MR) is 88.3 cm³/mol. The normalized spacial score (nSPS) is 10.6. The van der Waals surface area contributed by atoms with E-state index in [0.29, 0.717) is 5.02 Å². The van der Waals surface area contributed by atoms with Crippen LogP contribution in [0.2, 0.25) is 5.02 Å². The summed E-state index contributed by atoms with van der Waals surface area (Å²) >= 11 is 7.98. The van der Waals surface area contributed by atoms with Crippen LogP contribution in [-0.2, 0) is 4.79 Å². The molecule has 2 aromatic rings. The van der Waals surface area contributed by atoms with Gasteiger partial charge in [0.25, 0.3) is 0 Å². The van der Waals surface area contributed by atoms with Gasteiger partial charge in [0.15, 0.2) is 0 Å². The van der Waals surface area contributed by atoms with E-state index in [1.165, 1.54) is 6.08 Å². The molecule has 0 aliphatic carbocycles. The number of nitrogens with one attached hydrogen (secondary N) is 1. The van der Waals surface area contributed by atoms with Gasteiger partial charge in [-0.2, -0.15) is 0 Å². The Balaban J connectivity index is 2.02. The van der Waals surface area contributed by atoms with Crippen LogP contribution in [0.25, 0.3) is 6.08 Å². The number of rotatable bonds is 3. The summed E-state index contributed by atoms with van der Waals surface area (Å²) in [6.07, 6.45) is 3.26. The summed E-state index contributed by atoms with van der Waals surface area (Å²) in [6, 6.07) is 14.9. The van der Waals surface area contributed by atoms with Crippen molar-refractivity contribution in [1.29, 1.82) is 0 Å². The maximum atomic E-state index is 11.8. The lowest BCUT2D eigenvalue weighted by molar-refractivity contribution is -0.111. The van der Waals surface area contributed by atoms with Gasteiger partial charge >= 0.3 is 0 Å². The zero-order chi connectivity index (χ0) is 13.7. The van der Waals surface area contributed by atoms with E-state index in [4.69, 9.17) is 11.6 Å². The van der Waals surface area contributed by atoms with Crippen LogP contribution in [-0.4, -0.2) is 5.91 Å². The van der Waals surface area contributed by atoms with Crippen LogP contribution in [0.3, 0.4) is 0 Å². The SMILES string of the molecule is O=C(/C=C/c1ccc(Cl)cc1)Nc1ccccc1I. The fourth-order valence-electron chi connectivity index (χ4n) is 1.48. The van der Waals surface area contributed by atoms with Gasteiger partial charge < -0.3 is 5.32 Å². The summed E-state index contributed by atoms with van der Waals surface area (Å²) in [5.41, 5.74) is 1.75. The average molecular weight is 384 g/mol. The van der Waals surface area contributed by atoms with E-state index in [2.05, 4.69) is 27.9 Å². The molecule has 1 amide bonds. The second-order valence-electron chi connectivity index (χ2n) is 3.85. The summed E-state index contributed by atoms with van der Waals surface area (Å²) in [6.45, 7) is 0. The average Bonchev–Trinajstić information content (AvgIpc) is 2.41. The lowest BCUT2D eigenvalue weighted by Gasteiger charge is -2.04. The second-order valence-corrected chi connectivity index (χ2v) is 5.45. The smallest absolute Gasteiger partial charge is 0.248 e. The number of amides is 1. The Morgan fingerprint density at radius 3 is 2.47 bits per heavy atom. The van der Waals surface area contributed by atoms with Crippen LogP contribution in [0.4, 0.5) is 5.69 Å². The van der Waals surface area contributed by atoms with Gasteiger partial charge in [-0.05, 0) is 58.5 Å². The molecule has 0 radical (unpaired) electrons. The number of halogens is 2. The van der Waals surface area contributed by atoms with Crippen molar-refractivity contribution in [3.63, 3.8) is 0 Å². The number of carbonyl (C=O) groups excluding carboxylic acids is 1. The minimum Gasteiger partial charge on any atom is -0.322 e. The van der Waals surface area contributed by atoms with Crippen LogP contribution < -0.4 is 5.32 Å². The molecule has 0 heterocycles. The van der Waals surface area contributed by atoms with E-state index >= 15 is 0 Å². The molecule has 0 fully saturated rings. The molecule has 96 valence electrons. The molecule has 2 nitrogen and oxygen atoms in total. The van der Waals surface area contributed by atoms with Gasteiger partial charge in [0.05, 0.1) is 5.69 Å². The zero-order valence-corrected chi connectivity index (χ0v) is 12.9. The van der Waals surface area contributed by atoms with E-state index in [-0.39, 0.29) is 5.91 Å². The molecule has 0 aliphatic rings. The molecule has 4 heteroatoms. The number of benzene rings is 2. The van der Waals surface area contributed by atoms with Gasteiger partial charge in [0.1, 0.15) is 0 Å². The maximum Gasteiger partial charge on any atom is 0.248 e. The largest absolute Gasteiger partial charge is 0.322 e. The summed E-state index contributed by atoms with van der Waals surface area (Å²) in [4.78, 5) is 11.8. The standard InChI is InChI=1S/C15H11ClINO/c16-12-8-5-11(6-9-12)7-10-15(19)18-14-4-2-1-3-13(14)17/h1-10H,(H,18,19)/b10-7+. The Kier molecular flexibility index (Phi) is 4.99. The maximum absolute atomic E-state index is 11.8. The van der Waals surface area contributed by atoms with Gasteiger partial charge in [-0.1, -0.05) is 35.9 Å². The van der Waals surface area contributed by atoms with Crippen molar-refractivity contribution in [2.75, 3.05) is 5.32 Å². The minimum absolute atomic E-state index is 0.154. The van der Waals surface area contributed by atoms with Crippen LogP contribution in [0, 0.1) is 3.57 Å². The topological polar surface area (TPSA) is 29.1 Å². The van der Waals surface area contributed by atoms with Crippen molar-refractivity contribution in [2.24, 2.45) is 0 Å². The number of hydrogen-bond acceptors (Lipinski definition) is 1. The lowest BCUT2D eigenvalue weighted by Crippen LogP contribution is -2.08. The van der Waals surface area contributed by atoms with Crippen molar-refractivity contribution in [1.82, 2.24) is 0 Å². The molecular weight excluding hydrogens is 373 g/mol. The van der Waals surface area contributed by atoms with Gasteiger partial charge in [0, 0.05) is 14.7 Å². The van der Waals surface area contributed by atoms with E-state index in [1.807, 2.05) is 36.4 Å². The third-order valence-corrected chi connectivity index (χ3v) is 3.62. The summed E-state index contributed by atoms with van der Waals surface area (Å²) < 4.78 is 1.01. The van der Waals surface area contributed by atoms with E-state index in [1.54, 1.807) is 18.2 Å². The first-order chi connectivity index (χ1) is 9.15. The highest BCUT2D eigenvalue weighted by Gasteiger charge is 2.01. The number of anilines is 1. The second kappa shape index (κ2) is 6.73. The van der Waals surface area contributed by atoms with Crippen LogP contribution >= 0.6 is 34.2 Å². The fraction of sp³-hybridized carbons (Fsp3) is 0. The molecule has 0 unspecified atom stereocenters. The molecule has 0 aromatic heterocycles. The van der Waals surface area contributed by atoms with Crippen LogP contribution in [0.1, 0.15) is 5.56 Å². The predicted octanol–water partition coefficient (Wildman–Crippen LogP) is 4.60. The highest BCUT2D eigenvalue weighted by molar-refractivity contribution is 14.1. The number of carbonyl (C=O) groups is 1. The first-order valence-corrected chi connectivity index (χ1v) is 7.10. The molecule has 0 bridgehead atoms. The molecule has 2 aromatic carbocycles. The molecule has 2 rings (SSSR count). The van der Waals surface area contributed by atoms with E-state index in [0.717, 1.165) is 14.8 Å². The molecule has 0 atom stereocenters. The third-order valence-electron chi connectivity index (χ3n) is 2.43. The molecule has 0 aliphatic heterocycles. The molecule has 0 saturated heterocycles. The van der Waals surface area contributed by atoms with Gasteiger partial charge in [0.2, 0.25) is 5.91 Å². The van der Waals surface area contributed by atoms with Gasteiger partial charge in [-0.25, -0.2) is 0 Å². The monoisotopic (exact) mass is 383 g/mol. The molecular formula is C15H11ClINO. The fourth-order valence-corrected chi connectivity index (χ4v) is 2.13. The molecule has 19 heavy (non-hydrogen) atoms. The van der Waals surface area contributed by atoms with Gasteiger partial charge in [-0.15, -0.1) is 0 Å². The van der Waals surface area contributed by atoms with Crippen molar-refractivity contribution in [3.8, 4) is 0 Å². The van der Waals surface area contributed by atoms with E-state index in [9.17, 15) is 4.79 Å². The first kappa shape index (κ1) is 14.1. The third kappa shape index (κ3) is 4.36. The zero-order valence-electron chi connectivity index (χ0n) is 9.94. The first-order valence-electron chi connectivity index (χ1n) is 5.64. The highest BCUT2D eigenvalue weighted by Crippen LogP contribution is 2.17. The van der Waals surface area contributed by atoms with Crippen molar-refractivity contribution in [2.45, 2.75) is 0 Å². The molecule has 0 saturated carbocycles. The Labute approximate surface area is 130 Å². The Morgan fingerprint density at radius 1 is 1.11 bits per heavy atom. The summed E-state index contributed by atoms with van der Waals surface area (Å²) in [5, 5.41) is 3.51. The molecule has 1 N–H and O–H groups in total. The Morgan fingerprint density at radius 2 is 1.79 bits per heavy atom.